The van der Waals surface area contributed by atoms with E-state index in [1.165, 1.54) is 0 Å². The monoisotopic (exact) mass is 287 g/mol. The predicted octanol–water partition coefficient (Wildman–Crippen LogP) is 2.52. The quantitative estimate of drug-likeness (QED) is 0.911. The number of fused-ring (bicyclic) bond motifs is 1. The maximum Gasteiger partial charge on any atom is 0.231 e. The normalized spacial score (nSPS) is 12.3. The summed E-state index contributed by atoms with van der Waals surface area (Å²) in [4.78, 5) is 8.54. The van der Waals surface area contributed by atoms with Gasteiger partial charge in [0.15, 0.2) is 11.5 Å². The highest BCUT2D eigenvalue weighted by atomic mass is 16.7. The van der Waals surface area contributed by atoms with Gasteiger partial charge in [-0.05, 0) is 31.5 Å². The second kappa shape index (κ2) is 5.87. The van der Waals surface area contributed by atoms with Gasteiger partial charge in [-0.2, -0.15) is 4.98 Å². The number of aromatic nitrogens is 2. The molecular weight excluding hydrogens is 270 g/mol. The van der Waals surface area contributed by atoms with Crippen molar-refractivity contribution < 1.29 is 14.2 Å². The summed E-state index contributed by atoms with van der Waals surface area (Å²) < 4.78 is 16.4. The first kappa shape index (κ1) is 13.5. The van der Waals surface area contributed by atoms with Crippen LogP contribution in [-0.2, 0) is 6.61 Å². The largest absolute Gasteiger partial charge is 0.472 e. The van der Waals surface area contributed by atoms with Crippen molar-refractivity contribution in [2.24, 2.45) is 0 Å². The van der Waals surface area contributed by atoms with Crippen LogP contribution >= 0.6 is 0 Å². The molecule has 2 heterocycles. The summed E-state index contributed by atoms with van der Waals surface area (Å²) in [6, 6.07) is 5.76. The van der Waals surface area contributed by atoms with E-state index in [2.05, 4.69) is 15.3 Å². The molecule has 1 N–H and O–H groups in total. The van der Waals surface area contributed by atoms with E-state index in [9.17, 15) is 0 Å². The Morgan fingerprint density at radius 1 is 1.29 bits per heavy atom. The SMILES string of the molecule is CCNc1ncc(C)c(OCc2ccc3c(c2)OCO3)n1. The van der Waals surface area contributed by atoms with Gasteiger partial charge in [-0.25, -0.2) is 4.98 Å². The molecule has 0 bridgehead atoms. The molecule has 2 aromatic rings. The van der Waals surface area contributed by atoms with Crippen molar-refractivity contribution in [3.63, 3.8) is 0 Å². The average molecular weight is 287 g/mol. The number of nitrogens with zero attached hydrogens (tertiary/aromatic N) is 2. The van der Waals surface area contributed by atoms with E-state index in [0.29, 0.717) is 18.4 Å². The lowest BCUT2D eigenvalue weighted by Gasteiger charge is -2.10. The van der Waals surface area contributed by atoms with Gasteiger partial charge in [-0.1, -0.05) is 6.07 Å². The summed E-state index contributed by atoms with van der Waals surface area (Å²) in [6.45, 7) is 5.38. The van der Waals surface area contributed by atoms with E-state index >= 15 is 0 Å². The number of benzene rings is 1. The summed E-state index contributed by atoms with van der Waals surface area (Å²) in [7, 11) is 0. The molecule has 1 aromatic carbocycles. The Bertz CT molecular complexity index is 646. The molecule has 110 valence electrons. The highest BCUT2D eigenvalue weighted by Gasteiger charge is 2.13. The Labute approximate surface area is 123 Å². The van der Waals surface area contributed by atoms with Crippen LogP contribution in [0.3, 0.4) is 0 Å². The molecule has 0 aliphatic carbocycles. The molecule has 0 spiro atoms. The van der Waals surface area contributed by atoms with E-state index in [0.717, 1.165) is 29.2 Å². The first-order valence-corrected chi connectivity index (χ1v) is 6.85. The minimum atomic E-state index is 0.275. The Morgan fingerprint density at radius 2 is 2.14 bits per heavy atom. The van der Waals surface area contributed by atoms with Gasteiger partial charge in [-0.3, -0.25) is 0 Å². The maximum absolute atomic E-state index is 5.78. The molecule has 0 unspecified atom stereocenters. The number of ether oxygens (including phenoxy) is 3. The van der Waals surface area contributed by atoms with Crippen LogP contribution in [0, 0.1) is 6.92 Å². The van der Waals surface area contributed by atoms with E-state index in [4.69, 9.17) is 14.2 Å². The van der Waals surface area contributed by atoms with Crippen molar-refractivity contribution in [2.45, 2.75) is 20.5 Å². The van der Waals surface area contributed by atoms with E-state index in [1.54, 1.807) is 6.20 Å². The first-order chi connectivity index (χ1) is 10.3. The maximum atomic E-state index is 5.78. The van der Waals surface area contributed by atoms with Crippen LogP contribution in [0.2, 0.25) is 0 Å². The Balaban J connectivity index is 1.71. The molecule has 3 rings (SSSR count). The van der Waals surface area contributed by atoms with Crippen molar-refractivity contribution in [3.8, 4) is 17.4 Å². The molecule has 0 atom stereocenters. The first-order valence-electron chi connectivity index (χ1n) is 6.85. The van der Waals surface area contributed by atoms with Crippen LogP contribution in [-0.4, -0.2) is 23.3 Å². The van der Waals surface area contributed by atoms with E-state index in [1.807, 2.05) is 32.0 Å². The molecule has 6 nitrogen and oxygen atoms in total. The second-order valence-electron chi connectivity index (χ2n) is 4.69. The molecule has 0 saturated heterocycles. The van der Waals surface area contributed by atoms with Crippen molar-refractivity contribution in [1.29, 1.82) is 0 Å². The Kier molecular flexibility index (Phi) is 3.77. The summed E-state index contributed by atoms with van der Waals surface area (Å²) >= 11 is 0. The fourth-order valence-corrected chi connectivity index (χ4v) is 2.00. The minimum absolute atomic E-state index is 0.275. The number of nitrogens with one attached hydrogen (secondary N) is 1. The molecule has 1 aromatic heterocycles. The topological polar surface area (TPSA) is 65.5 Å². The zero-order valence-electron chi connectivity index (χ0n) is 12.0. The standard InChI is InChI=1S/C15H17N3O3/c1-3-16-15-17-7-10(2)14(18-15)19-8-11-4-5-12-13(6-11)21-9-20-12/h4-7H,3,8-9H2,1-2H3,(H,16,17,18). The third-order valence-corrected chi connectivity index (χ3v) is 3.07. The Morgan fingerprint density at radius 3 is 3.00 bits per heavy atom. The number of hydrogen-bond donors (Lipinski definition) is 1. The van der Waals surface area contributed by atoms with Crippen LogP contribution in [0.4, 0.5) is 5.95 Å². The summed E-state index contributed by atoms with van der Waals surface area (Å²) in [5.74, 6) is 2.68. The molecule has 0 radical (unpaired) electrons. The number of hydrogen-bond acceptors (Lipinski definition) is 6. The van der Waals surface area contributed by atoms with Crippen molar-refractivity contribution in [1.82, 2.24) is 9.97 Å². The van der Waals surface area contributed by atoms with Gasteiger partial charge in [0.25, 0.3) is 0 Å². The number of anilines is 1. The molecule has 1 aliphatic rings. The van der Waals surface area contributed by atoms with Gasteiger partial charge < -0.3 is 19.5 Å². The van der Waals surface area contributed by atoms with Gasteiger partial charge in [0.1, 0.15) is 6.61 Å². The number of rotatable bonds is 5. The second-order valence-corrected chi connectivity index (χ2v) is 4.69. The van der Waals surface area contributed by atoms with Gasteiger partial charge >= 0.3 is 0 Å². The van der Waals surface area contributed by atoms with E-state index < -0.39 is 0 Å². The van der Waals surface area contributed by atoms with Crippen LogP contribution in [0.15, 0.2) is 24.4 Å². The average Bonchev–Trinajstić information content (AvgIpc) is 2.95. The number of aryl methyl sites for hydroxylation is 1. The third kappa shape index (κ3) is 2.99. The fourth-order valence-electron chi connectivity index (χ4n) is 2.00. The minimum Gasteiger partial charge on any atom is -0.472 e. The third-order valence-electron chi connectivity index (χ3n) is 3.07. The van der Waals surface area contributed by atoms with E-state index in [-0.39, 0.29) is 6.79 Å². The van der Waals surface area contributed by atoms with Crippen LogP contribution in [0.5, 0.6) is 17.4 Å². The zero-order chi connectivity index (χ0) is 14.7. The molecule has 1 aliphatic heterocycles. The highest BCUT2D eigenvalue weighted by Crippen LogP contribution is 2.32. The molecular formula is C15H17N3O3. The van der Waals surface area contributed by atoms with Gasteiger partial charge in [0.2, 0.25) is 18.6 Å². The smallest absolute Gasteiger partial charge is 0.231 e. The van der Waals surface area contributed by atoms with Crippen LogP contribution in [0.25, 0.3) is 0 Å². The fraction of sp³-hybridized carbons (Fsp3) is 0.333. The van der Waals surface area contributed by atoms with Crippen LogP contribution in [0.1, 0.15) is 18.1 Å². The van der Waals surface area contributed by atoms with Crippen molar-refractivity contribution in [2.75, 3.05) is 18.7 Å². The molecule has 0 fully saturated rings. The summed E-state index contributed by atoms with van der Waals surface area (Å²) in [6.07, 6.45) is 1.75. The lowest BCUT2D eigenvalue weighted by molar-refractivity contribution is 0.174. The van der Waals surface area contributed by atoms with Gasteiger partial charge in [-0.15, -0.1) is 0 Å². The molecule has 0 amide bonds. The van der Waals surface area contributed by atoms with Crippen LogP contribution < -0.4 is 19.5 Å². The van der Waals surface area contributed by atoms with Gasteiger partial charge in [0, 0.05) is 18.3 Å². The van der Waals surface area contributed by atoms with Crippen molar-refractivity contribution in [3.05, 3.63) is 35.5 Å². The molecule has 21 heavy (non-hydrogen) atoms. The van der Waals surface area contributed by atoms with Gasteiger partial charge in [0.05, 0.1) is 0 Å². The molecule has 0 saturated carbocycles. The summed E-state index contributed by atoms with van der Waals surface area (Å²) in [5, 5.41) is 3.07. The predicted molar refractivity (Wildman–Crippen MR) is 77.8 cm³/mol. The molecule has 6 heteroatoms. The van der Waals surface area contributed by atoms with Crippen molar-refractivity contribution >= 4 is 5.95 Å². The highest BCUT2D eigenvalue weighted by molar-refractivity contribution is 5.44. The Hall–Kier alpha value is -2.50. The zero-order valence-corrected chi connectivity index (χ0v) is 12.0. The summed E-state index contributed by atoms with van der Waals surface area (Å²) in [5.41, 5.74) is 1.90. The lowest BCUT2D eigenvalue weighted by atomic mass is 10.2. The lowest BCUT2D eigenvalue weighted by Crippen LogP contribution is -2.05.